The van der Waals surface area contributed by atoms with Crippen LogP contribution in [0.3, 0.4) is 0 Å². The SMILES string of the molecule is CC(O)NC1CCC(Nc2ncc(Cl)c(-c3cc(C4CC4)[nH]n3)n2)CC1. The molecule has 2 aliphatic carbocycles. The van der Waals surface area contributed by atoms with Gasteiger partial charge < -0.3 is 10.4 Å². The molecule has 1 atom stereocenters. The van der Waals surface area contributed by atoms with E-state index in [2.05, 4.69) is 30.8 Å². The molecule has 2 aromatic rings. The number of anilines is 1. The van der Waals surface area contributed by atoms with Gasteiger partial charge in [-0.05, 0) is 51.5 Å². The number of aromatic nitrogens is 4. The molecule has 0 saturated heterocycles. The first-order valence-corrected chi connectivity index (χ1v) is 9.75. The highest BCUT2D eigenvalue weighted by atomic mass is 35.5. The van der Waals surface area contributed by atoms with Crippen LogP contribution in [0.4, 0.5) is 5.95 Å². The summed E-state index contributed by atoms with van der Waals surface area (Å²) in [7, 11) is 0. The molecule has 4 N–H and O–H groups in total. The van der Waals surface area contributed by atoms with Crippen molar-refractivity contribution in [3.63, 3.8) is 0 Å². The zero-order valence-electron chi connectivity index (χ0n) is 14.9. The van der Waals surface area contributed by atoms with Crippen LogP contribution in [0.25, 0.3) is 11.4 Å². The highest BCUT2D eigenvalue weighted by Crippen LogP contribution is 2.40. The maximum atomic E-state index is 9.44. The summed E-state index contributed by atoms with van der Waals surface area (Å²) in [6.07, 6.45) is 7.69. The summed E-state index contributed by atoms with van der Waals surface area (Å²) in [6.45, 7) is 1.76. The molecule has 0 amide bonds. The highest BCUT2D eigenvalue weighted by molar-refractivity contribution is 6.32. The van der Waals surface area contributed by atoms with Gasteiger partial charge in [-0.2, -0.15) is 5.10 Å². The molecular weight excluding hydrogens is 352 g/mol. The average Bonchev–Trinajstić information content (AvgIpc) is 3.35. The number of hydrogen-bond donors (Lipinski definition) is 4. The first-order valence-electron chi connectivity index (χ1n) is 9.37. The van der Waals surface area contributed by atoms with E-state index in [1.54, 1.807) is 13.1 Å². The molecule has 0 aromatic carbocycles. The van der Waals surface area contributed by atoms with Gasteiger partial charge in [0.05, 0.1) is 11.2 Å². The second kappa shape index (κ2) is 7.50. The predicted molar refractivity (Wildman–Crippen MR) is 101 cm³/mol. The van der Waals surface area contributed by atoms with Gasteiger partial charge in [0.1, 0.15) is 17.6 Å². The summed E-state index contributed by atoms with van der Waals surface area (Å²) >= 11 is 6.31. The molecule has 0 bridgehead atoms. The normalized spacial score (nSPS) is 24.4. The molecule has 0 aliphatic heterocycles. The Morgan fingerprint density at radius 2 is 1.92 bits per heavy atom. The van der Waals surface area contributed by atoms with Crippen molar-refractivity contribution >= 4 is 17.5 Å². The fourth-order valence-electron chi connectivity index (χ4n) is 3.61. The lowest BCUT2D eigenvalue weighted by molar-refractivity contribution is 0.129. The van der Waals surface area contributed by atoms with Crippen LogP contribution >= 0.6 is 11.6 Å². The Labute approximate surface area is 158 Å². The van der Waals surface area contributed by atoms with E-state index in [0.717, 1.165) is 37.1 Å². The van der Waals surface area contributed by atoms with E-state index >= 15 is 0 Å². The fourth-order valence-corrected chi connectivity index (χ4v) is 3.79. The molecule has 2 saturated carbocycles. The lowest BCUT2D eigenvalue weighted by Gasteiger charge is -2.30. The van der Waals surface area contributed by atoms with Crippen LogP contribution in [0.1, 0.15) is 57.1 Å². The molecule has 7 nitrogen and oxygen atoms in total. The molecule has 140 valence electrons. The molecule has 1 unspecified atom stereocenters. The number of H-pyrrole nitrogens is 1. The minimum Gasteiger partial charge on any atom is -0.379 e. The van der Waals surface area contributed by atoms with Gasteiger partial charge in [0.25, 0.3) is 0 Å². The second-order valence-electron chi connectivity index (χ2n) is 7.41. The Balaban J connectivity index is 1.41. The number of halogens is 1. The Kier molecular flexibility index (Phi) is 5.11. The van der Waals surface area contributed by atoms with Gasteiger partial charge in [-0.1, -0.05) is 11.6 Å². The third kappa shape index (κ3) is 4.16. The van der Waals surface area contributed by atoms with Crippen molar-refractivity contribution in [2.75, 3.05) is 5.32 Å². The van der Waals surface area contributed by atoms with Crippen molar-refractivity contribution in [1.29, 1.82) is 0 Å². The number of aliphatic hydroxyl groups is 1. The van der Waals surface area contributed by atoms with Crippen molar-refractivity contribution in [2.45, 2.75) is 69.7 Å². The van der Waals surface area contributed by atoms with Crippen LogP contribution in [0.15, 0.2) is 12.3 Å². The van der Waals surface area contributed by atoms with Crippen LogP contribution in [-0.4, -0.2) is 43.6 Å². The van der Waals surface area contributed by atoms with Crippen molar-refractivity contribution in [2.24, 2.45) is 0 Å². The summed E-state index contributed by atoms with van der Waals surface area (Å²) in [4.78, 5) is 8.94. The van der Waals surface area contributed by atoms with Crippen LogP contribution in [-0.2, 0) is 0 Å². The van der Waals surface area contributed by atoms with Crippen LogP contribution in [0, 0.1) is 0 Å². The third-order valence-corrected chi connectivity index (χ3v) is 5.42. The molecule has 4 rings (SSSR count). The maximum Gasteiger partial charge on any atom is 0.223 e. The molecule has 2 aromatic heterocycles. The lowest BCUT2D eigenvalue weighted by atomic mass is 9.91. The Morgan fingerprint density at radius 3 is 2.62 bits per heavy atom. The van der Waals surface area contributed by atoms with Gasteiger partial charge in [0.15, 0.2) is 0 Å². The second-order valence-corrected chi connectivity index (χ2v) is 7.82. The number of hydrogen-bond acceptors (Lipinski definition) is 6. The Morgan fingerprint density at radius 1 is 1.19 bits per heavy atom. The van der Waals surface area contributed by atoms with Gasteiger partial charge >= 0.3 is 0 Å². The van der Waals surface area contributed by atoms with E-state index in [-0.39, 0.29) is 0 Å². The zero-order chi connectivity index (χ0) is 18.1. The van der Waals surface area contributed by atoms with E-state index in [1.165, 1.54) is 12.8 Å². The van der Waals surface area contributed by atoms with Gasteiger partial charge in [-0.3, -0.25) is 10.4 Å². The summed E-state index contributed by atoms with van der Waals surface area (Å²) in [6, 6.07) is 2.75. The van der Waals surface area contributed by atoms with E-state index in [1.807, 2.05) is 6.07 Å². The highest BCUT2D eigenvalue weighted by Gasteiger charge is 2.26. The quantitative estimate of drug-likeness (QED) is 0.578. The lowest BCUT2D eigenvalue weighted by Crippen LogP contribution is -2.41. The molecule has 2 aliphatic rings. The van der Waals surface area contributed by atoms with Crippen molar-refractivity contribution in [3.8, 4) is 11.4 Å². The van der Waals surface area contributed by atoms with Crippen LogP contribution < -0.4 is 10.6 Å². The van der Waals surface area contributed by atoms with Gasteiger partial charge in [0, 0.05) is 23.7 Å². The van der Waals surface area contributed by atoms with E-state index in [4.69, 9.17) is 11.6 Å². The molecule has 8 heteroatoms. The minimum absolute atomic E-state index is 0.331. The summed E-state index contributed by atoms with van der Waals surface area (Å²) in [5.41, 5.74) is 2.59. The molecule has 0 spiro atoms. The van der Waals surface area contributed by atoms with Crippen LogP contribution in [0.2, 0.25) is 5.02 Å². The maximum absolute atomic E-state index is 9.44. The van der Waals surface area contributed by atoms with Crippen molar-refractivity contribution in [1.82, 2.24) is 25.5 Å². The largest absolute Gasteiger partial charge is 0.379 e. The summed E-state index contributed by atoms with van der Waals surface area (Å²) < 4.78 is 0. The van der Waals surface area contributed by atoms with Gasteiger partial charge in [0.2, 0.25) is 5.95 Å². The Bertz CT molecular complexity index is 752. The number of rotatable bonds is 6. The number of nitrogens with zero attached hydrogens (tertiary/aromatic N) is 3. The minimum atomic E-state index is -0.457. The molecule has 2 fully saturated rings. The topological polar surface area (TPSA) is 98.8 Å². The zero-order valence-corrected chi connectivity index (χ0v) is 15.6. The standard InChI is InChI=1S/C18H25ClN6O/c1-10(26)21-12-4-6-13(7-5-12)22-18-20-9-14(19)17(23-18)16-8-15(24-25-16)11-2-3-11/h8-13,21,26H,2-7H2,1H3,(H,24,25)(H,20,22,23). The molecular formula is C18H25ClN6O. The first-order chi connectivity index (χ1) is 12.6. The summed E-state index contributed by atoms with van der Waals surface area (Å²) in [5, 5.41) is 24.0. The van der Waals surface area contributed by atoms with Crippen molar-refractivity contribution < 1.29 is 5.11 Å². The smallest absolute Gasteiger partial charge is 0.223 e. The van der Waals surface area contributed by atoms with Crippen LogP contribution in [0.5, 0.6) is 0 Å². The number of nitrogens with one attached hydrogen (secondary N) is 3. The first kappa shape index (κ1) is 17.7. The Hall–Kier alpha value is -1.70. The van der Waals surface area contributed by atoms with E-state index in [9.17, 15) is 5.11 Å². The monoisotopic (exact) mass is 376 g/mol. The van der Waals surface area contributed by atoms with E-state index < -0.39 is 6.23 Å². The van der Waals surface area contributed by atoms with E-state index in [0.29, 0.717) is 34.7 Å². The predicted octanol–water partition coefficient (Wildman–Crippen LogP) is 3.05. The molecule has 26 heavy (non-hydrogen) atoms. The molecule has 2 heterocycles. The average molecular weight is 377 g/mol. The fraction of sp³-hybridized carbons (Fsp3) is 0.611. The number of aliphatic hydroxyl groups excluding tert-OH is 1. The summed E-state index contributed by atoms with van der Waals surface area (Å²) in [5.74, 6) is 1.20. The number of aromatic amines is 1. The van der Waals surface area contributed by atoms with Gasteiger partial charge in [-0.15, -0.1) is 0 Å². The van der Waals surface area contributed by atoms with Gasteiger partial charge in [-0.25, -0.2) is 9.97 Å². The third-order valence-electron chi connectivity index (χ3n) is 5.14. The van der Waals surface area contributed by atoms with Crippen molar-refractivity contribution in [3.05, 3.63) is 23.0 Å². The molecule has 0 radical (unpaired) electrons.